The number of carbonyl (C=O) groups is 3. The predicted octanol–water partition coefficient (Wildman–Crippen LogP) is 2.42. The molecule has 1 aliphatic carbocycles. The Balaban J connectivity index is 1.91. The minimum atomic E-state index is -0.160. The van der Waals surface area contributed by atoms with Crippen LogP contribution in [-0.4, -0.2) is 18.1 Å². The second-order valence-electron chi connectivity index (χ2n) is 5.68. The third-order valence-electron chi connectivity index (χ3n) is 4.58. The molecule has 4 heteroatoms. The van der Waals surface area contributed by atoms with Crippen LogP contribution in [-0.2, 0) is 9.59 Å². The lowest BCUT2D eigenvalue weighted by Gasteiger charge is -2.17. The maximum absolute atomic E-state index is 12.5. The van der Waals surface area contributed by atoms with Crippen LogP contribution >= 0.6 is 0 Å². The number of amides is 2. The van der Waals surface area contributed by atoms with Gasteiger partial charge in [-0.25, -0.2) is 0 Å². The van der Waals surface area contributed by atoms with E-state index in [-0.39, 0.29) is 23.7 Å². The minimum Gasteiger partial charge on any atom is -0.298 e. The van der Waals surface area contributed by atoms with Crippen LogP contribution in [0.3, 0.4) is 0 Å². The quantitative estimate of drug-likeness (QED) is 0.626. The topological polar surface area (TPSA) is 54.5 Å². The molecule has 1 heterocycles. The molecule has 1 aromatic carbocycles. The Kier molecular flexibility index (Phi) is 3.16. The summed E-state index contributed by atoms with van der Waals surface area (Å²) < 4.78 is 0. The van der Waals surface area contributed by atoms with Gasteiger partial charge in [-0.1, -0.05) is 25.5 Å². The van der Waals surface area contributed by atoms with Gasteiger partial charge in [0.15, 0.2) is 0 Å². The van der Waals surface area contributed by atoms with Gasteiger partial charge in [-0.2, -0.15) is 0 Å². The molecule has 0 radical (unpaired) electrons. The number of benzene rings is 1. The first-order valence-electron chi connectivity index (χ1n) is 7.08. The zero-order valence-corrected chi connectivity index (χ0v) is 11.4. The third-order valence-corrected chi connectivity index (χ3v) is 4.58. The maximum Gasteiger partial charge on any atom is 0.237 e. The molecule has 104 valence electrons. The van der Waals surface area contributed by atoms with Gasteiger partial charge in [-0.15, -0.1) is 0 Å². The van der Waals surface area contributed by atoms with E-state index in [9.17, 15) is 14.4 Å². The highest BCUT2D eigenvalue weighted by atomic mass is 16.2. The number of anilines is 1. The van der Waals surface area contributed by atoms with Crippen molar-refractivity contribution in [1.82, 2.24) is 0 Å². The summed E-state index contributed by atoms with van der Waals surface area (Å²) in [6.07, 6.45) is 3.38. The van der Waals surface area contributed by atoms with E-state index in [0.29, 0.717) is 17.2 Å². The fraction of sp³-hybridized carbons (Fsp3) is 0.438. The van der Waals surface area contributed by atoms with Crippen molar-refractivity contribution in [3.63, 3.8) is 0 Å². The van der Waals surface area contributed by atoms with Crippen molar-refractivity contribution in [2.45, 2.75) is 26.2 Å². The van der Waals surface area contributed by atoms with Crippen LogP contribution in [0.5, 0.6) is 0 Å². The number of imide groups is 1. The number of hydrogen-bond acceptors (Lipinski definition) is 3. The highest BCUT2D eigenvalue weighted by Crippen LogP contribution is 2.45. The zero-order chi connectivity index (χ0) is 14.3. The molecule has 2 atom stereocenters. The Morgan fingerprint density at radius 2 is 1.85 bits per heavy atom. The van der Waals surface area contributed by atoms with Gasteiger partial charge < -0.3 is 0 Å². The molecular weight excluding hydrogens is 254 g/mol. The van der Waals surface area contributed by atoms with Crippen LogP contribution in [0, 0.1) is 17.8 Å². The molecule has 1 saturated heterocycles. The number of fused-ring (bicyclic) bond motifs is 1. The molecule has 1 aliphatic heterocycles. The second kappa shape index (κ2) is 4.85. The number of nitrogens with zero attached hydrogens (tertiary/aromatic N) is 1. The molecule has 1 saturated carbocycles. The minimum absolute atomic E-state index is 0.0981. The standard InChI is InChI=1S/C16H17NO3/c1-2-10-7-13-14(8-10)16(20)17(15(13)19)12-5-3-4-11(6-12)9-18/h3-6,9-10,13-14H,2,7-8H2,1H3. The summed E-state index contributed by atoms with van der Waals surface area (Å²) in [5, 5.41) is 0. The van der Waals surface area contributed by atoms with Crippen LogP contribution < -0.4 is 4.90 Å². The Bertz CT molecular complexity index is 557. The number of hydrogen-bond donors (Lipinski definition) is 0. The zero-order valence-electron chi connectivity index (χ0n) is 11.4. The maximum atomic E-state index is 12.5. The van der Waals surface area contributed by atoms with Crippen molar-refractivity contribution in [2.24, 2.45) is 17.8 Å². The highest BCUT2D eigenvalue weighted by molar-refractivity contribution is 6.22. The molecule has 0 aromatic heterocycles. The van der Waals surface area contributed by atoms with E-state index in [0.717, 1.165) is 25.5 Å². The summed E-state index contributed by atoms with van der Waals surface area (Å²) >= 11 is 0. The second-order valence-corrected chi connectivity index (χ2v) is 5.68. The fourth-order valence-corrected chi connectivity index (χ4v) is 3.45. The van der Waals surface area contributed by atoms with Crippen LogP contribution in [0.15, 0.2) is 24.3 Å². The lowest BCUT2D eigenvalue weighted by molar-refractivity contribution is -0.123. The van der Waals surface area contributed by atoms with Gasteiger partial charge in [-0.05, 0) is 30.9 Å². The van der Waals surface area contributed by atoms with E-state index in [2.05, 4.69) is 6.92 Å². The Hall–Kier alpha value is -1.97. The average molecular weight is 271 g/mol. The van der Waals surface area contributed by atoms with Crippen molar-refractivity contribution in [3.05, 3.63) is 29.8 Å². The molecule has 0 bridgehead atoms. The lowest BCUT2D eigenvalue weighted by atomic mass is 10.00. The molecule has 2 fully saturated rings. The Morgan fingerprint density at radius 1 is 1.20 bits per heavy atom. The van der Waals surface area contributed by atoms with Crippen LogP contribution in [0.1, 0.15) is 36.5 Å². The van der Waals surface area contributed by atoms with Crippen molar-refractivity contribution in [3.8, 4) is 0 Å². The predicted molar refractivity (Wildman–Crippen MR) is 74.3 cm³/mol. The van der Waals surface area contributed by atoms with E-state index >= 15 is 0 Å². The van der Waals surface area contributed by atoms with E-state index in [1.54, 1.807) is 24.3 Å². The Labute approximate surface area is 117 Å². The fourth-order valence-electron chi connectivity index (χ4n) is 3.45. The summed E-state index contributed by atoms with van der Waals surface area (Å²) in [5.41, 5.74) is 0.999. The summed E-state index contributed by atoms with van der Waals surface area (Å²) in [6, 6.07) is 6.67. The summed E-state index contributed by atoms with van der Waals surface area (Å²) in [5.74, 6) is -0.0287. The first-order chi connectivity index (χ1) is 9.65. The van der Waals surface area contributed by atoms with Gasteiger partial charge in [0.1, 0.15) is 6.29 Å². The molecule has 2 unspecified atom stereocenters. The van der Waals surface area contributed by atoms with Crippen molar-refractivity contribution in [2.75, 3.05) is 4.90 Å². The Morgan fingerprint density at radius 3 is 2.40 bits per heavy atom. The number of carbonyl (C=O) groups excluding carboxylic acids is 3. The monoisotopic (exact) mass is 271 g/mol. The van der Waals surface area contributed by atoms with Gasteiger partial charge in [0.2, 0.25) is 11.8 Å². The number of rotatable bonds is 3. The van der Waals surface area contributed by atoms with E-state index in [4.69, 9.17) is 0 Å². The van der Waals surface area contributed by atoms with Gasteiger partial charge >= 0.3 is 0 Å². The SMILES string of the molecule is CCC1CC2C(=O)N(c3cccc(C=O)c3)C(=O)C2C1. The largest absolute Gasteiger partial charge is 0.298 e. The lowest BCUT2D eigenvalue weighted by Crippen LogP contribution is -2.32. The molecular formula is C16H17NO3. The molecule has 2 aliphatic rings. The first-order valence-corrected chi connectivity index (χ1v) is 7.08. The highest BCUT2D eigenvalue weighted by Gasteiger charge is 2.52. The van der Waals surface area contributed by atoms with Gasteiger partial charge in [0.05, 0.1) is 17.5 Å². The molecule has 20 heavy (non-hydrogen) atoms. The number of aldehydes is 1. The van der Waals surface area contributed by atoms with Crippen molar-refractivity contribution < 1.29 is 14.4 Å². The summed E-state index contributed by atoms with van der Waals surface area (Å²) in [6.45, 7) is 2.10. The van der Waals surface area contributed by atoms with Gasteiger partial charge in [0.25, 0.3) is 0 Å². The molecule has 1 aromatic rings. The molecule has 0 N–H and O–H groups in total. The molecule has 4 nitrogen and oxygen atoms in total. The van der Waals surface area contributed by atoms with Crippen molar-refractivity contribution >= 4 is 23.8 Å². The third kappa shape index (κ3) is 1.87. The van der Waals surface area contributed by atoms with Crippen molar-refractivity contribution in [1.29, 1.82) is 0 Å². The summed E-state index contributed by atoms with van der Waals surface area (Å²) in [4.78, 5) is 37.0. The normalized spacial score (nSPS) is 28.9. The van der Waals surface area contributed by atoms with Crippen LogP contribution in [0.2, 0.25) is 0 Å². The molecule has 2 amide bonds. The molecule has 3 rings (SSSR count). The van der Waals surface area contributed by atoms with Gasteiger partial charge in [-0.3, -0.25) is 19.3 Å². The van der Waals surface area contributed by atoms with Crippen LogP contribution in [0.25, 0.3) is 0 Å². The van der Waals surface area contributed by atoms with E-state index in [1.165, 1.54) is 4.90 Å². The average Bonchev–Trinajstić information content (AvgIpc) is 3.00. The first kappa shape index (κ1) is 13.0. The van der Waals surface area contributed by atoms with E-state index < -0.39 is 0 Å². The van der Waals surface area contributed by atoms with E-state index in [1.807, 2.05) is 0 Å². The van der Waals surface area contributed by atoms with Crippen LogP contribution in [0.4, 0.5) is 5.69 Å². The smallest absolute Gasteiger partial charge is 0.237 e. The van der Waals surface area contributed by atoms with Gasteiger partial charge in [0, 0.05) is 5.56 Å². The summed E-state index contributed by atoms with van der Waals surface area (Å²) in [7, 11) is 0. The molecule has 0 spiro atoms.